The first kappa shape index (κ1) is 46.7. The second kappa shape index (κ2) is 16.8. The molecular formula is C32H4BF20IN2O6. The van der Waals surface area contributed by atoms with Crippen LogP contribution in [0.3, 0.4) is 0 Å². The zero-order valence-corrected chi connectivity index (χ0v) is 30.3. The van der Waals surface area contributed by atoms with Gasteiger partial charge in [0.25, 0.3) is 0 Å². The summed E-state index contributed by atoms with van der Waals surface area (Å²) in [6.45, 7) is 0. The Bertz CT molecular complexity index is 2440. The second-order valence-corrected chi connectivity index (χ2v) is 14.2. The van der Waals surface area contributed by atoms with E-state index in [9.17, 15) is 72.9 Å². The molecular weight excluding hydrogens is 1030 g/mol. The molecule has 0 N–H and O–H groups in total. The van der Waals surface area contributed by atoms with Crippen molar-refractivity contribution in [1.82, 2.24) is 0 Å². The van der Waals surface area contributed by atoms with Gasteiger partial charge in [-0.2, -0.15) is 0 Å². The SMILES string of the molecule is Fc1c(F)c(F)c([B-](c2c(F)c(F)c(F)c(F)c2F)(c2c(F)c(F)c(F)c(F)c2F)c2c(F)c(F)c(F)c(F)c2F)c(F)c1F.O=[N+]([O-])c1ccc([I+]c2ccc([N+](=O)[O-])o2)o1. The van der Waals surface area contributed by atoms with E-state index in [0.29, 0.717) is 7.53 Å². The second-order valence-electron chi connectivity index (χ2n) is 11.6. The van der Waals surface area contributed by atoms with Crippen LogP contribution in [0, 0.1) is 144 Å². The van der Waals surface area contributed by atoms with Crippen LogP contribution < -0.4 is 43.1 Å². The van der Waals surface area contributed by atoms with Gasteiger partial charge in [0, 0.05) is 12.1 Å². The largest absolute Gasteiger partial charge is 0.443 e. The monoisotopic (exact) mass is 1030 g/mol. The number of rotatable bonds is 8. The van der Waals surface area contributed by atoms with Crippen molar-refractivity contribution in [2.45, 2.75) is 0 Å². The van der Waals surface area contributed by atoms with Crippen LogP contribution in [0.5, 0.6) is 0 Å². The first-order valence-electron chi connectivity index (χ1n) is 15.1. The fourth-order valence-electron chi connectivity index (χ4n) is 5.87. The lowest BCUT2D eigenvalue weighted by molar-refractivity contribution is -0.639. The zero-order valence-electron chi connectivity index (χ0n) is 28.2. The van der Waals surface area contributed by atoms with Crippen molar-refractivity contribution in [2.75, 3.05) is 0 Å². The number of nitro groups is 2. The molecule has 0 saturated carbocycles. The van der Waals surface area contributed by atoms with E-state index in [-0.39, 0.29) is 11.8 Å². The number of hydrogen-bond acceptors (Lipinski definition) is 6. The Morgan fingerprint density at radius 2 is 0.516 bits per heavy atom. The molecule has 6 aromatic rings. The predicted octanol–water partition coefficient (Wildman–Crippen LogP) is 4.66. The van der Waals surface area contributed by atoms with Crippen LogP contribution in [0.4, 0.5) is 99.6 Å². The van der Waals surface area contributed by atoms with Crippen molar-refractivity contribution in [3.63, 3.8) is 0 Å². The van der Waals surface area contributed by atoms with Crippen LogP contribution in [0.2, 0.25) is 0 Å². The van der Waals surface area contributed by atoms with Gasteiger partial charge in [0.2, 0.25) is 0 Å². The third-order valence-electron chi connectivity index (χ3n) is 8.37. The Kier molecular flexibility index (Phi) is 12.7. The Morgan fingerprint density at radius 3 is 0.677 bits per heavy atom. The van der Waals surface area contributed by atoms with Crippen LogP contribution in [0.25, 0.3) is 0 Å². The molecule has 0 saturated heterocycles. The van der Waals surface area contributed by atoms with Crippen LogP contribution in [0.1, 0.15) is 0 Å². The summed E-state index contributed by atoms with van der Waals surface area (Å²) in [4.78, 5) is 19.5. The van der Waals surface area contributed by atoms with Gasteiger partial charge in [-0.05, 0) is 0 Å². The summed E-state index contributed by atoms with van der Waals surface area (Å²) >= 11 is -0.923. The standard InChI is InChI=1S/C24BF20.C8H4IN2O6/c26-5-1(6(27)14(35)21(42)13(5)34)25(2-7(28)15(36)22(43)16(37)8(2)29,3-9(30)17(38)23(44)18(39)10(3)31)4-11(32)19(40)24(45)20(41)12(4)33;12-10(13)7-3-1-5(16-7)9-6-2-4-8(17-6)11(14)15/h;1-4H/q-1;+1. The lowest BCUT2D eigenvalue weighted by atomic mass is 9.12. The molecule has 2 heterocycles. The van der Waals surface area contributed by atoms with Crippen molar-refractivity contribution >= 4 is 39.8 Å². The van der Waals surface area contributed by atoms with E-state index in [0.717, 1.165) is 0 Å². The van der Waals surface area contributed by atoms with Gasteiger partial charge in [-0.3, -0.25) is 20.2 Å². The number of nitrogens with zero attached hydrogens (tertiary/aromatic N) is 2. The molecule has 0 aliphatic rings. The highest BCUT2D eigenvalue weighted by Gasteiger charge is 2.52. The number of hydrogen-bond donors (Lipinski definition) is 0. The summed E-state index contributed by atoms with van der Waals surface area (Å²) in [6, 6.07) is 5.43. The molecule has 0 bridgehead atoms. The van der Waals surface area contributed by atoms with Crippen molar-refractivity contribution in [3.05, 3.63) is 168 Å². The van der Waals surface area contributed by atoms with E-state index in [1.807, 2.05) is 0 Å². The van der Waals surface area contributed by atoms with E-state index in [1.54, 1.807) is 0 Å². The summed E-state index contributed by atoms with van der Waals surface area (Å²) in [5.74, 6) is -72.1. The minimum absolute atomic E-state index is 0.347. The zero-order chi connectivity index (χ0) is 46.8. The van der Waals surface area contributed by atoms with E-state index in [4.69, 9.17) is 8.83 Å². The van der Waals surface area contributed by atoms with Crippen LogP contribution in [-0.2, 0) is 0 Å². The molecule has 4 aromatic carbocycles. The van der Waals surface area contributed by atoms with Gasteiger partial charge in [-0.1, -0.05) is 0 Å². The molecule has 0 amide bonds. The van der Waals surface area contributed by atoms with Crippen LogP contribution in [0.15, 0.2) is 33.1 Å². The van der Waals surface area contributed by atoms with Crippen LogP contribution >= 0.6 is 0 Å². The van der Waals surface area contributed by atoms with Crippen molar-refractivity contribution < 1.29 is 128 Å². The fourth-order valence-corrected chi connectivity index (χ4v) is 7.79. The van der Waals surface area contributed by atoms with Crippen molar-refractivity contribution in [1.29, 1.82) is 0 Å². The maximum absolute atomic E-state index is 15.4. The van der Waals surface area contributed by atoms with Crippen molar-refractivity contribution in [3.8, 4) is 0 Å². The molecule has 6 rings (SSSR count). The lowest BCUT2D eigenvalue weighted by Crippen LogP contribution is -3.61. The number of furan rings is 2. The third kappa shape index (κ3) is 7.20. The summed E-state index contributed by atoms with van der Waals surface area (Å²) in [5, 5.41) is 20.7. The molecule has 30 heteroatoms. The van der Waals surface area contributed by atoms with E-state index >= 15 is 35.1 Å². The first-order valence-corrected chi connectivity index (χ1v) is 17.3. The Hall–Kier alpha value is -6.37. The molecule has 328 valence electrons. The van der Waals surface area contributed by atoms with Gasteiger partial charge >= 0.3 is 40.5 Å². The molecule has 62 heavy (non-hydrogen) atoms. The Balaban J connectivity index is 0.000000355. The highest BCUT2D eigenvalue weighted by atomic mass is 127. The smallest absolute Gasteiger partial charge is 0.359 e. The van der Waals surface area contributed by atoms with Gasteiger partial charge < -0.3 is 8.83 Å². The molecule has 0 radical (unpaired) electrons. The molecule has 0 atom stereocenters. The highest BCUT2D eigenvalue weighted by Crippen LogP contribution is 2.31. The maximum Gasteiger partial charge on any atom is 0.443 e. The number of halogens is 21. The predicted molar refractivity (Wildman–Crippen MR) is 157 cm³/mol. The van der Waals surface area contributed by atoms with Gasteiger partial charge in [0.15, 0.2) is 69.8 Å². The summed E-state index contributed by atoms with van der Waals surface area (Å²) in [7, 11) is 0. The van der Waals surface area contributed by atoms with Gasteiger partial charge in [0.05, 0.1) is 12.1 Å². The molecule has 2 aromatic heterocycles. The summed E-state index contributed by atoms with van der Waals surface area (Å²) < 4.78 is 305. The van der Waals surface area contributed by atoms with Gasteiger partial charge in [0.1, 0.15) is 62.5 Å². The normalized spacial score (nSPS) is 11.5. The Labute approximate surface area is 335 Å². The van der Waals surface area contributed by atoms with E-state index in [2.05, 4.69) is 0 Å². The van der Waals surface area contributed by atoms with Gasteiger partial charge in [-0.25, -0.2) is 87.8 Å². The highest BCUT2D eigenvalue weighted by molar-refractivity contribution is 7.20. The first-order chi connectivity index (χ1) is 28.8. The maximum atomic E-state index is 15.4. The van der Waals surface area contributed by atoms with Gasteiger partial charge in [-0.15, -0.1) is 21.9 Å². The fraction of sp³-hybridized carbons (Fsp3) is 0. The summed E-state index contributed by atoms with van der Waals surface area (Å²) in [5.41, 5.74) is -14.3. The topological polar surface area (TPSA) is 113 Å². The minimum atomic E-state index is -7.22. The molecule has 0 aliphatic carbocycles. The molecule has 0 unspecified atom stereocenters. The average molecular weight is 1030 g/mol. The average Bonchev–Trinajstić information content (AvgIpc) is 3.91. The Morgan fingerprint density at radius 1 is 0.339 bits per heavy atom. The molecule has 0 aliphatic heterocycles. The minimum Gasteiger partial charge on any atom is -0.359 e. The van der Waals surface area contributed by atoms with Crippen LogP contribution in [-0.4, -0.2) is 16.0 Å². The third-order valence-corrected chi connectivity index (χ3v) is 10.6. The summed E-state index contributed by atoms with van der Waals surface area (Å²) in [6.07, 6.45) is -7.22. The molecule has 8 nitrogen and oxygen atoms in total. The van der Waals surface area contributed by atoms with Crippen molar-refractivity contribution in [2.24, 2.45) is 0 Å². The lowest BCUT2D eigenvalue weighted by Gasteiger charge is -2.44. The molecule has 0 fully saturated rings. The number of benzene rings is 4. The van der Waals surface area contributed by atoms with E-state index in [1.165, 1.54) is 24.3 Å². The quantitative estimate of drug-likeness (QED) is 0.0418. The van der Waals surface area contributed by atoms with E-state index < -0.39 is 175 Å². The molecule has 0 spiro atoms.